The van der Waals surface area contributed by atoms with E-state index in [0.717, 1.165) is 11.3 Å². The van der Waals surface area contributed by atoms with Gasteiger partial charge in [0, 0.05) is 13.1 Å². The number of sulfonamides is 1. The van der Waals surface area contributed by atoms with Crippen LogP contribution < -0.4 is 4.72 Å². The zero-order valence-corrected chi connectivity index (χ0v) is 13.7. The van der Waals surface area contributed by atoms with E-state index in [1.165, 1.54) is 17.9 Å². The number of hydrogen-bond acceptors (Lipinski definition) is 5. The molecule has 9 heteroatoms. The molecule has 1 fully saturated rings. The van der Waals surface area contributed by atoms with Crippen molar-refractivity contribution >= 4 is 33.2 Å². The Labute approximate surface area is 133 Å². The topological polar surface area (TPSA) is 104 Å². The number of amides is 1. The molecule has 1 aliphatic heterocycles. The number of hydrogen-bond donors (Lipinski definition) is 2. The minimum atomic E-state index is -3.73. The predicted molar refractivity (Wildman–Crippen MR) is 81.0 cm³/mol. The Hall–Kier alpha value is -1.45. The highest BCUT2D eigenvalue weighted by Crippen LogP contribution is 2.19. The fourth-order valence-electron chi connectivity index (χ4n) is 2.41. The van der Waals surface area contributed by atoms with E-state index in [2.05, 4.69) is 4.72 Å². The summed E-state index contributed by atoms with van der Waals surface area (Å²) in [7, 11) is -3.73. The van der Waals surface area contributed by atoms with E-state index in [0.29, 0.717) is 19.4 Å². The molecule has 0 aromatic carbocycles. The number of carbonyl (C=O) groups is 2. The van der Waals surface area contributed by atoms with Crippen LogP contribution in [0, 0.1) is 5.92 Å². The first-order valence-corrected chi connectivity index (χ1v) is 9.25. The van der Waals surface area contributed by atoms with Crippen LogP contribution in [0.3, 0.4) is 0 Å². The van der Waals surface area contributed by atoms with Gasteiger partial charge in [-0.3, -0.25) is 9.59 Å². The molecule has 1 aliphatic rings. The van der Waals surface area contributed by atoms with Gasteiger partial charge in [0.1, 0.15) is 4.21 Å². The predicted octanol–water partition coefficient (Wildman–Crippen LogP) is 0.738. The number of piperidine rings is 1. The molecular formula is C13H18N2O5S2. The molecule has 7 nitrogen and oxygen atoms in total. The number of nitrogens with zero attached hydrogens (tertiary/aromatic N) is 1. The molecule has 0 aliphatic carbocycles. The molecule has 0 radical (unpaired) electrons. The molecule has 2 atom stereocenters. The molecule has 0 bridgehead atoms. The Kier molecular flexibility index (Phi) is 5.20. The molecule has 22 heavy (non-hydrogen) atoms. The van der Waals surface area contributed by atoms with Gasteiger partial charge in [0.2, 0.25) is 5.91 Å². The number of carboxylic acid groups (broad SMARTS) is 1. The highest BCUT2D eigenvalue weighted by molar-refractivity contribution is 7.91. The Morgan fingerprint density at radius 1 is 1.50 bits per heavy atom. The van der Waals surface area contributed by atoms with E-state index in [-0.39, 0.29) is 10.8 Å². The molecule has 2 heterocycles. The van der Waals surface area contributed by atoms with E-state index in [4.69, 9.17) is 5.11 Å². The number of nitrogens with one attached hydrogen (secondary N) is 1. The van der Waals surface area contributed by atoms with E-state index in [9.17, 15) is 18.0 Å². The summed E-state index contributed by atoms with van der Waals surface area (Å²) < 4.78 is 26.7. The molecule has 1 unspecified atom stereocenters. The maximum atomic E-state index is 12.3. The van der Waals surface area contributed by atoms with Gasteiger partial charge in [-0.2, -0.15) is 4.72 Å². The van der Waals surface area contributed by atoms with Crippen molar-refractivity contribution in [3.05, 3.63) is 17.5 Å². The summed E-state index contributed by atoms with van der Waals surface area (Å²) in [6, 6.07) is 2.15. The quantitative estimate of drug-likeness (QED) is 0.818. The Morgan fingerprint density at radius 3 is 2.82 bits per heavy atom. The third-order valence-corrected chi connectivity index (χ3v) is 6.48. The lowest BCUT2D eigenvalue weighted by Gasteiger charge is -2.32. The maximum absolute atomic E-state index is 12.3. The van der Waals surface area contributed by atoms with Crippen LogP contribution in [0.2, 0.25) is 0 Å². The molecule has 122 valence electrons. The molecular weight excluding hydrogens is 328 g/mol. The van der Waals surface area contributed by atoms with Crippen molar-refractivity contribution in [2.45, 2.75) is 30.0 Å². The molecule has 1 saturated heterocycles. The fourth-order valence-corrected chi connectivity index (χ4v) is 4.62. The maximum Gasteiger partial charge on any atom is 0.308 e. The van der Waals surface area contributed by atoms with E-state index in [1.54, 1.807) is 11.4 Å². The first kappa shape index (κ1) is 16.9. The van der Waals surface area contributed by atoms with Gasteiger partial charge in [-0.1, -0.05) is 6.07 Å². The van der Waals surface area contributed by atoms with Crippen molar-refractivity contribution in [1.29, 1.82) is 0 Å². The molecule has 2 N–H and O–H groups in total. The van der Waals surface area contributed by atoms with E-state index >= 15 is 0 Å². The third kappa shape index (κ3) is 3.84. The summed E-state index contributed by atoms with van der Waals surface area (Å²) in [4.78, 5) is 24.8. The Balaban J connectivity index is 2.02. The number of aliphatic carboxylic acids is 1. The number of likely N-dealkylation sites (tertiary alicyclic amines) is 1. The normalized spacial score (nSPS) is 20.6. The summed E-state index contributed by atoms with van der Waals surface area (Å²) in [6.45, 7) is 2.05. The lowest BCUT2D eigenvalue weighted by Crippen LogP contribution is -2.50. The summed E-state index contributed by atoms with van der Waals surface area (Å²) in [5, 5.41) is 10.7. The number of carbonyl (C=O) groups excluding carboxylic acids is 1. The zero-order chi connectivity index (χ0) is 16.3. The van der Waals surface area contributed by atoms with Gasteiger partial charge in [0.05, 0.1) is 12.0 Å². The van der Waals surface area contributed by atoms with Gasteiger partial charge in [-0.25, -0.2) is 8.42 Å². The van der Waals surface area contributed by atoms with Crippen LogP contribution in [-0.2, 0) is 19.6 Å². The second kappa shape index (κ2) is 6.76. The average Bonchev–Trinajstić information content (AvgIpc) is 3.01. The monoisotopic (exact) mass is 346 g/mol. The highest BCUT2D eigenvalue weighted by Gasteiger charge is 2.32. The number of rotatable bonds is 5. The minimum absolute atomic E-state index is 0.124. The standard InChI is InChI=1S/C13H18N2O5S2/c1-9(14-22(19,20)11-5-3-7-21-11)12(16)15-6-2-4-10(8-15)13(17)18/h3,5,7,9-10,14H,2,4,6,8H2,1H3,(H,17,18)/t9?,10-/m0/s1. The molecule has 1 aromatic heterocycles. The summed E-state index contributed by atoms with van der Waals surface area (Å²) in [6.07, 6.45) is 1.14. The SMILES string of the molecule is CC(NS(=O)(=O)c1cccs1)C(=O)N1CCC[C@H](C(=O)O)C1. The first-order chi connectivity index (χ1) is 10.3. The number of carboxylic acids is 1. The lowest BCUT2D eigenvalue weighted by atomic mass is 9.98. The van der Waals surface area contributed by atoms with Crippen LogP contribution in [-0.4, -0.2) is 49.4 Å². The fraction of sp³-hybridized carbons (Fsp3) is 0.538. The van der Waals surface area contributed by atoms with E-state index in [1.807, 2.05) is 0 Å². The van der Waals surface area contributed by atoms with Crippen LogP contribution in [0.25, 0.3) is 0 Å². The molecule has 1 amide bonds. The van der Waals surface area contributed by atoms with Crippen LogP contribution in [0.1, 0.15) is 19.8 Å². The second-order valence-corrected chi connectivity index (χ2v) is 8.13. The smallest absolute Gasteiger partial charge is 0.308 e. The largest absolute Gasteiger partial charge is 0.481 e. The van der Waals surface area contributed by atoms with Crippen LogP contribution in [0.4, 0.5) is 0 Å². The van der Waals surface area contributed by atoms with Crippen LogP contribution in [0.5, 0.6) is 0 Å². The second-order valence-electron chi connectivity index (χ2n) is 5.24. The van der Waals surface area contributed by atoms with Crippen LogP contribution in [0.15, 0.2) is 21.7 Å². The van der Waals surface area contributed by atoms with Gasteiger partial charge in [-0.15, -0.1) is 11.3 Å². The van der Waals surface area contributed by atoms with Gasteiger partial charge in [-0.05, 0) is 31.2 Å². The van der Waals surface area contributed by atoms with Gasteiger partial charge in [0.25, 0.3) is 10.0 Å². The Bertz CT molecular complexity index is 641. The third-order valence-electron chi connectivity index (χ3n) is 3.54. The average molecular weight is 346 g/mol. The lowest BCUT2D eigenvalue weighted by molar-refractivity contribution is -0.146. The highest BCUT2D eigenvalue weighted by atomic mass is 32.2. The molecule has 0 spiro atoms. The van der Waals surface area contributed by atoms with Gasteiger partial charge in [0.15, 0.2) is 0 Å². The molecule has 0 saturated carbocycles. The first-order valence-electron chi connectivity index (χ1n) is 6.88. The van der Waals surface area contributed by atoms with Gasteiger partial charge >= 0.3 is 5.97 Å². The van der Waals surface area contributed by atoms with Crippen molar-refractivity contribution < 1.29 is 23.1 Å². The Morgan fingerprint density at radius 2 is 2.23 bits per heavy atom. The van der Waals surface area contributed by atoms with Crippen molar-refractivity contribution in [2.24, 2.45) is 5.92 Å². The minimum Gasteiger partial charge on any atom is -0.481 e. The van der Waals surface area contributed by atoms with Crippen molar-refractivity contribution in [3.63, 3.8) is 0 Å². The van der Waals surface area contributed by atoms with Gasteiger partial charge < -0.3 is 10.0 Å². The number of thiophene rings is 1. The summed E-state index contributed by atoms with van der Waals surface area (Å²) in [5.74, 6) is -1.91. The van der Waals surface area contributed by atoms with Crippen molar-refractivity contribution in [3.8, 4) is 0 Å². The summed E-state index contributed by atoms with van der Waals surface area (Å²) >= 11 is 1.07. The van der Waals surface area contributed by atoms with Crippen LogP contribution >= 0.6 is 11.3 Å². The molecule has 2 rings (SSSR count). The van der Waals surface area contributed by atoms with Crippen molar-refractivity contribution in [1.82, 2.24) is 9.62 Å². The molecule has 1 aromatic rings. The zero-order valence-electron chi connectivity index (χ0n) is 12.1. The summed E-state index contributed by atoms with van der Waals surface area (Å²) in [5.41, 5.74) is 0. The van der Waals surface area contributed by atoms with Crippen molar-refractivity contribution in [2.75, 3.05) is 13.1 Å². The van der Waals surface area contributed by atoms with E-state index < -0.39 is 33.9 Å².